The zero-order valence-electron chi connectivity index (χ0n) is 12.8. The molecule has 2 heteroatoms. The first-order chi connectivity index (χ1) is 10.2. The van der Waals surface area contributed by atoms with Crippen LogP contribution in [0.15, 0.2) is 42.5 Å². The highest BCUT2D eigenvalue weighted by molar-refractivity contribution is 5.83. The first kappa shape index (κ1) is 14.6. The van der Waals surface area contributed by atoms with Crippen molar-refractivity contribution in [2.45, 2.75) is 38.7 Å². The average molecular weight is 283 g/mol. The summed E-state index contributed by atoms with van der Waals surface area (Å²) in [4.78, 5) is 0. The molecular formula is C19H25NO. The van der Waals surface area contributed by atoms with Gasteiger partial charge in [-0.25, -0.2) is 0 Å². The molecule has 1 fully saturated rings. The molecule has 1 aliphatic carbocycles. The van der Waals surface area contributed by atoms with Gasteiger partial charge in [-0.2, -0.15) is 0 Å². The smallest absolute Gasteiger partial charge is 0.0914 e. The highest BCUT2D eigenvalue weighted by Gasteiger charge is 2.34. The summed E-state index contributed by atoms with van der Waals surface area (Å²) in [6.45, 7) is 3.95. The minimum atomic E-state index is -0.427. The maximum atomic E-state index is 10.4. The van der Waals surface area contributed by atoms with Crippen LogP contribution in [0.3, 0.4) is 0 Å². The van der Waals surface area contributed by atoms with Gasteiger partial charge in [0.25, 0.3) is 0 Å². The second-order valence-electron chi connectivity index (χ2n) is 6.46. The molecule has 0 saturated heterocycles. The SMILES string of the molecule is CCC1(CNCC(O)c2ccc3ccccc3c2)CCC1. The predicted octanol–water partition coefficient (Wildman–Crippen LogP) is 4.04. The largest absolute Gasteiger partial charge is 0.387 e. The Bertz CT molecular complexity index is 598. The molecule has 0 bridgehead atoms. The lowest BCUT2D eigenvalue weighted by Crippen LogP contribution is -2.40. The van der Waals surface area contributed by atoms with E-state index in [1.165, 1.54) is 36.5 Å². The van der Waals surface area contributed by atoms with Gasteiger partial charge in [-0.15, -0.1) is 0 Å². The molecule has 21 heavy (non-hydrogen) atoms. The molecule has 1 unspecified atom stereocenters. The van der Waals surface area contributed by atoms with Crippen LogP contribution in [0.25, 0.3) is 10.8 Å². The number of hydrogen-bond donors (Lipinski definition) is 2. The van der Waals surface area contributed by atoms with E-state index in [9.17, 15) is 5.11 Å². The van der Waals surface area contributed by atoms with Crippen LogP contribution < -0.4 is 5.32 Å². The molecular weight excluding hydrogens is 258 g/mol. The fourth-order valence-electron chi connectivity index (χ4n) is 3.34. The Morgan fingerprint density at radius 2 is 1.90 bits per heavy atom. The van der Waals surface area contributed by atoms with E-state index in [1.807, 2.05) is 18.2 Å². The van der Waals surface area contributed by atoms with Crippen LogP contribution in [0.4, 0.5) is 0 Å². The van der Waals surface area contributed by atoms with Crippen LogP contribution in [-0.2, 0) is 0 Å². The molecule has 3 rings (SSSR count). The van der Waals surface area contributed by atoms with Crippen LogP contribution >= 0.6 is 0 Å². The number of aliphatic hydroxyl groups is 1. The summed E-state index contributed by atoms with van der Waals surface area (Å²) in [5.41, 5.74) is 1.50. The number of hydrogen-bond acceptors (Lipinski definition) is 2. The normalized spacial score (nSPS) is 18.4. The van der Waals surface area contributed by atoms with Crippen molar-refractivity contribution in [1.82, 2.24) is 5.32 Å². The van der Waals surface area contributed by atoms with Crippen LogP contribution in [0, 0.1) is 5.41 Å². The molecule has 2 nitrogen and oxygen atoms in total. The quantitative estimate of drug-likeness (QED) is 0.838. The lowest BCUT2D eigenvalue weighted by Gasteiger charge is -2.41. The number of benzene rings is 2. The zero-order chi connectivity index (χ0) is 14.7. The lowest BCUT2D eigenvalue weighted by atomic mass is 9.67. The maximum absolute atomic E-state index is 10.4. The van der Waals surface area contributed by atoms with Crippen LogP contribution in [-0.4, -0.2) is 18.2 Å². The first-order valence-corrected chi connectivity index (χ1v) is 8.10. The summed E-state index contributed by atoms with van der Waals surface area (Å²) < 4.78 is 0. The van der Waals surface area contributed by atoms with Gasteiger partial charge < -0.3 is 10.4 Å². The minimum absolute atomic E-state index is 0.427. The molecule has 1 aliphatic rings. The zero-order valence-corrected chi connectivity index (χ0v) is 12.8. The van der Waals surface area contributed by atoms with Crippen LogP contribution in [0.2, 0.25) is 0 Å². The monoisotopic (exact) mass is 283 g/mol. The third-order valence-corrected chi connectivity index (χ3v) is 5.16. The fraction of sp³-hybridized carbons (Fsp3) is 0.474. The number of aliphatic hydroxyl groups excluding tert-OH is 1. The molecule has 2 N–H and O–H groups in total. The van der Waals surface area contributed by atoms with Crippen molar-refractivity contribution >= 4 is 10.8 Å². The Morgan fingerprint density at radius 1 is 1.14 bits per heavy atom. The molecule has 0 aliphatic heterocycles. The van der Waals surface area contributed by atoms with Crippen molar-refractivity contribution in [2.24, 2.45) is 5.41 Å². The van der Waals surface area contributed by atoms with Crippen molar-refractivity contribution in [3.63, 3.8) is 0 Å². The Morgan fingerprint density at radius 3 is 2.57 bits per heavy atom. The molecule has 0 radical (unpaired) electrons. The average Bonchev–Trinajstić information content (AvgIpc) is 2.49. The van der Waals surface area contributed by atoms with Crippen molar-refractivity contribution in [2.75, 3.05) is 13.1 Å². The van der Waals surface area contributed by atoms with Gasteiger partial charge in [0.05, 0.1) is 6.10 Å². The molecule has 0 heterocycles. The third kappa shape index (κ3) is 3.12. The van der Waals surface area contributed by atoms with E-state index in [1.54, 1.807) is 0 Å². The van der Waals surface area contributed by atoms with Gasteiger partial charge in [-0.1, -0.05) is 49.7 Å². The second-order valence-corrected chi connectivity index (χ2v) is 6.46. The van der Waals surface area contributed by atoms with Crippen molar-refractivity contribution in [3.05, 3.63) is 48.0 Å². The van der Waals surface area contributed by atoms with E-state index < -0.39 is 6.10 Å². The van der Waals surface area contributed by atoms with Gasteiger partial charge in [-0.05, 0) is 47.1 Å². The van der Waals surface area contributed by atoms with E-state index in [-0.39, 0.29) is 0 Å². The molecule has 112 valence electrons. The summed E-state index contributed by atoms with van der Waals surface area (Å²) in [5.74, 6) is 0. The number of rotatable bonds is 6. The molecule has 0 aromatic heterocycles. The molecule has 0 amide bonds. The number of nitrogens with one attached hydrogen (secondary N) is 1. The molecule has 2 aromatic carbocycles. The summed E-state index contributed by atoms with van der Waals surface area (Å²) in [6.07, 6.45) is 4.85. The third-order valence-electron chi connectivity index (χ3n) is 5.16. The second kappa shape index (κ2) is 6.17. The Labute approximate surface area is 127 Å². The van der Waals surface area contributed by atoms with Crippen molar-refractivity contribution < 1.29 is 5.11 Å². The number of fused-ring (bicyclic) bond motifs is 1. The Balaban J connectivity index is 1.60. The van der Waals surface area contributed by atoms with Gasteiger partial charge in [0.1, 0.15) is 0 Å². The van der Waals surface area contributed by atoms with Gasteiger partial charge in [0, 0.05) is 13.1 Å². The highest BCUT2D eigenvalue weighted by atomic mass is 16.3. The van der Waals surface area contributed by atoms with E-state index >= 15 is 0 Å². The predicted molar refractivity (Wildman–Crippen MR) is 88.4 cm³/mol. The van der Waals surface area contributed by atoms with Gasteiger partial charge in [0.15, 0.2) is 0 Å². The van der Waals surface area contributed by atoms with Crippen LogP contribution in [0.5, 0.6) is 0 Å². The van der Waals surface area contributed by atoms with E-state index in [2.05, 4.69) is 36.5 Å². The van der Waals surface area contributed by atoms with Crippen molar-refractivity contribution in [1.29, 1.82) is 0 Å². The first-order valence-electron chi connectivity index (χ1n) is 8.10. The van der Waals surface area contributed by atoms with Gasteiger partial charge in [0.2, 0.25) is 0 Å². The maximum Gasteiger partial charge on any atom is 0.0914 e. The summed E-state index contributed by atoms with van der Waals surface area (Å²) >= 11 is 0. The van der Waals surface area contributed by atoms with Crippen molar-refractivity contribution in [3.8, 4) is 0 Å². The molecule has 0 spiro atoms. The van der Waals surface area contributed by atoms with Crippen LogP contribution in [0.1, 0.15) is 44.3 Å². The van der Waals surface area contributed by atoms with E-state index in [0.29, 0.717) is 12.0 Å². The molecule has 1 atom stereocenters. The fourth-order valence-corrected chi connectivity index (χ4v) is 3.34. The standard InChI is InChI=1S/C19H25NO/c1-2-19(10-5-11-19)14-20-13-18(21)17-9-8-15-6-3-4-7-16(15)12-17/h3-4,6-9,12,18,20-21H,2,5,10-11,13-14H2,1H3. The van der Waals surface area contributed by atoms with E-state index in [0.717, 1.165) is 12.1 Å². The highest BCUT2D eigenvalue weighted by Crippen LogP contribution is 2.43. The summed E-state index contributed by atoms with van der Waals surface area (Å²) in [5, 5.41) is 16.3. The summed E-state index contributed by atoms with van der Waals surface area (Å²) in [7, 11) is 0. The topological polar surface area (TPSA) is 32.3 Å². The van der Waals surface area contributed by atoms with Gasteiger partial charge in [-0.3, -0.25) is 0 Å². The van der Waals surface area contributed by atoms with E-state index in [4.69, 9.17) is 0 Å². The van der Waals surface area contributed by atoms with Gasteiger partial charge >= 0.3 is 0 Å². The Kier molecular flexibility index (Phi) is 4.27. The summed E-state index contributed by atoms with van der Waals surface area (Å²) in [6, 6.07) is 14.5. The lowest BCUT2D eigenvalue weighted by molar-refractivity contribution is 0.110. The Hall–Kier alpha value is -1.38. The molecule has 2 aromatic rings. The minimum Gasteiger partial charge on any atom is -0.387 e. The molecule has 1 saturated carbocycles.